The molecule has 0 unspecified atom stereocenters. The van der Waals surface area contributed by atoms with Crippen molar-refractivity contribution in [2.45, 2.75) is 13.3 Å². The van der Waals surface area contributed by atoms with Crippen molar-refractivity contribution in [3.8, 4) is 5.82 Å². The Labute approximate surface area is 76.3 Å². The summed E-state index contributed by atoms with van der Waals surface area (Å²) in [5, 5.41) is 4.04. The minimum absolute atomic E-state index is 0.863. The van der Waals surface area contributed by atoms with Crippen LogP contribution in [0.2, 0.25) is 0 Å². The molecule has 0 bridgehead atoms. The van der Waals surface area contributed by atoms with Crippen LogP contribution in [0.3, 0.4) is 0 Å². The molecule has 66 valence electrons. The number of pyridine rings is 1. The van der Waals surface area contributed by atoms with E-state index in [1.165, 1.54) is 11.9 Å². The van der Waals surface area contributed by atoms with Gasteiger partial charge < -0.3 is 0 Å². The normalized spacial score (nSPS) is 10.2. The molecule has 0 aliphatic carbocycles. The van der Waals surface area contributed by atoms with E-state index in [1.54, 1.807) is 17.2 Å². The molecule has 2 aromatic rings. The molecular weight excluding hydrogens is 164 g/mol. The Morgan fingerprint density at radius 1 is 1.46 bits per heavy atom. The highest BCUT2D eigenvalue weighted by Crippen LogP contribution is 2.09. The Kier molecular flexibility index (Phi) is 2.04. The Bertz CT molecular complexity index is 380. The Balaban J connectivity index is 2.51. The van der Waals surface area contributed by atoms with Gasteiger partial charge in [0.2, 0.25) is 0 Å². The fourth-order valence-corrected chi connectivity index (χ4v) is 1.23. The van der Waals surface area contributed by atoms with Crippen molar-refractivity contribution < 1.29 is 0 Å². The molecule has 4 heteroatoms. The molecule has 0 spiro atoms. The molecule has 0 aromatic carbocycles. The maximum atomic E-state index is 4.25. The number of aryl methyl sites for hydroxylation is 1. The highest BCUT2D eigenvalue weighted by Gasteiger charge is 2.02. The molecular formula is C9H10N4. The van der Waals surface area contributed by atoms with Crippen LogP contribution in [0.1, 0.15) is 12.5 Å². The van der Waals surface area contributed by atoms with E-state index in [0.717, 1.165) is 12.2 Å². The second kappa shape index (κ2) is 3.35. The van der Waals surface area contributed by atoms with E-state index in [2.05, 4.69) is 22.0 Å². The molecule has 0 radical (unpaired) electrons. The standard InChI is InChI=1S/C9H10N4/c1-2-8-4-3-5-11-9(8)13-7-10-6-12-13/h3-7H,2H2,1H3. The van der Waals surface area contributed by atoms with Crippen LogP contribution in [0.5, 0.6) is 0 Å². The number of aromatic nitrogens is 4. The molecule has 13 heavy (non-hydrogen) atoms. The van der Waals surface area contributed by atoms with Gasteiger partial charge in [0.25, 0.3) is 0 Å². The fraction of sp³-hybridized carbons (Fsp3) is 0.222. The SMILES string of the molecule is CCc1cccnc1-n1cncn1. The molecule has 0 saturated carbocycles. The van der Waals surface area contributed by atoms with Gasteiger partial charge in [-0.3, -0.25) is 0 Å². The van der Waals surface area contributed by atoms with Gasteiger partial charge in [0, 0.05) is 6.20 Å². The second-order valence-corrected chi connectivity index (χ2v) is 2.68. The molecule has 0 atom stereocenters. The smallest absolute Gasteiger partial charge is 0.158 e. The summed E-state index contributed by atoms with van der Waals surface area (Å²) in [7, 11) is 0. The molecule has 4 nitrogen and oxygen atoms in total. The minimum Gasteiger partial charge on any atom is -0.237 e. The van der Waals surface area contributed by atoms with Crippen LogP contribution in [0, 0.1) is 0 Å². The largest absolute Gasteiger partial charge is 0.237 e. The summed E-state index contributed by atoms with van der Waals surface area (Å²) in [4.78, 5) is 8.14. The molecule has 0 aliphatic rings. The van der Waals surface area contributed by atoms with E-state index in [-0.39, 0.29) is 0 Å². The first-order chi connectivity index (χ1) is 6.42. The van der Waals surface area contributed by atoms with Gasteiger partial charge in [-0.25, -0.2) is 14.6 Å². The van der Waals surface area contributed by atoms with Crippen LogP contribution < -0.4 is 0 Å². The van der Waals surface area contributed by atoms with Gasteiger partial charge in [-0.05, 0) is 18.1 Å². The van der Waals surface area contributed by atoms with E-state index in [1.807, 2.05) is 12.1 Å². The maximum absolute atomic E-state index is 4.25. The van der Waals surface area contributed by atoms with Crippen molar-refractivity contribution in [1.29, 1.82) is 0 Å². The lowest BCUT2D eigenvalue weighted by Crippen LogP contribution is -2.01. The van der Waals surface area contributed by atoms with Crippen LogP contribution in [-0.4, -0.2) is 19.7 Å². The van der Waals surface area contributed by atoms with Crippen LogP contribution in [0.4, 0.5) is 0 Å². The van der Waals surface area contributed by atoms with E-state index in [0.29, 0.717) is 0 Å². The van der Waals surface area contributed by atoms with E-state index in [9.17, 15) is 0 Å². The first-order valence-corrected chi connectivity index (χ1v) is 4.20. The quantitative estimate of drug-likeness (QED) is 0.687. The monoisotopic (exact) mass is 174 g/mol. The van der Waals surface area contributed by atoms with E-state index in [4.69, 9.17) is 0 Å². The highest BCUT2D eigenvalue weighted by molar-refractivity contribution is 5.31. The van der Waals surface area contributed by atoms with Crippen molar-refractivity contribution in [1.82, 2.24) is 19.7 Å². The summed E-state index contributed by atoms with van der Waals surface area (Å²) in [5.41, 5.74) is 1.17. The predicted molar refractivity (Wildman–Crippen MR) is 48.5 cm³/mol. The van der Waals surface area contributed by atoms with E-state index < -0.39 is 0 Å². The first-order valence-electron chi connectivity index (χ1n) is 4.20. The van der Waals surface area contributed by atoms with Crippen molar-refractivity contribution in [3.05, 3.63) is 36.5 Å². The maximum Gasteiger partial charge on any atom is 0.158 e. The van der Waals surface area contributed by atoms with Gasteiger partial charge in [0.1, 0.15) is 12.7 Å². The molecule has 0 saturated heterocycles. The van der Waals surface area contributed by atoms with Crippen molar-refractivity contribution in [2.75, 3.05) is 0 Å². The predicted octanol–water partition coefficient (Wildman–Crippen LogP) is 1.22. The number of rotatable bonds is 2. The van der Waals surface area contributed by atoms with Crippen molar-refractivity contribution in [3.63, 3.8) is 0 Å². The van der Waals surface area contributed by atoms with Crippen LogP contribution in [-0.2, 0) is 6.42 Å². The van der Waals surface area contributed by atoms with Gasteiger partial charge in [-0.2, -0.15) is 5.10 Å². The Hall–Kier alpha value is -1.71. The summed E-state index contributed by atoms with van der Waals surface area (Å²) >= 11 is 0. The molecule has 0 aliphatic heterocycles. The van der Waals surface area contributed by atoms with Gasteiger partial charge in [-0.15, -0.1) is 0 Å². The van der Waals surface area contributed by atoms with Gasteiger partial charge in [0.05, 0.1) is 0 Å². The summed E-state index contributed by atoms with van der Waals surface area (Å²) in [5.74, 6) is 0.863. The first kappa shape index (κ1) is 7.91. The third kappa shape index (κ3) is 1.42. The van der Waals surface area contributed by atoms with Gasteiger partial charge >= 0.3 is 0 Å². The summed E-state index contributed by atoms with van der Waals surface area (Å²) in [6.07, 6.45) is 5.87. The Morgan fingerprint density at radius 2 is 2.38 bits per heavy atom. The highest BCUT2D eigenvalue weighted by atomic mass is 15.3. The van der Waals surface area contributed by atoms with Crippen LogP contribution in [0.15, 0.2) is 31.0 Å². The van der Waals surface area contributed by atoms with Crippen LogP contribution in [0.25, 0.3) is 5.82 Å². The average Bonchev–Trinajstić information content (AvgIpc) is 2.70. The third-order valence-electron chi connectivity index (χ3n) is 1.88. The summed E-state index contributed by atoms with van der Waals surface area (Å²) in [6, 6.07) is 3.98. The molecule has 0 N–H and O–H groups in total. The second-order valence-electron chi connectivity index (χ2n) is 2.68. The number of hydrogen-bond acceptors (Lipinski definition) is 3. The van der Waals surface area contributed by atoms with Gasteiger partial charge in [0.15, 0.2) is 5.82 Å². The van der Waals surface area contributed by atoms with Gasteiger partial charge in [-0.1, -0.05) is 13.0 Å². The molecule has 2 aromatic heterocycles. The number of hydrogen-bond donors (Lipinski definition) is 0. The Morgan fingerprint density at radius 3 is 3.08 bits per heavy atom. The lowest BCUT2D eigenvalue weighted by molar-refractivity contribution is 0.826. The lowest BCUT2D eigenvalue weighted by Gasteiger charge is -2.03. The number of nitrogens with zero attached hydrogens (tertiary/aromatic N) is 4. The summed E-state index contributed by atoms with van der Waals surface area (Å²) in [6.45, 7) is 2.09. The molecule has 2 rings (SSSR count). The van der Waals surface area contributed by atoms with Crippen LogP contribution >= 0.6 is 0 Å². The fourth-order valence-electron chi connectivity index (χ4n) is 1.23. The topological polar surface area (TPSA) is 43.6 Å². The lowest BCUT2D eigenvalue weighted by atomic mass is 10.2. The van der Waals surface area contributed by atoms with Crippen molar-refractivity contribution in [2.24, 2.45) is 0 Å². The third-order valence-corrected chi connectivity index (χ3v) is 1.88. The minimum atomic E-state index is 0.863. The van der Waals surface area contributed by atoms with Crippen molar-refractivity contribution >= 4 is 0 Å². The molecule has 2 heterocycles. The zero-order valence-corrected chi connectivity index (χ0v) is 7.38. The van der Waals surface area contributed by atoms with E-state index >= 15 is 0 Å². The molecule has 0 fully saturated rings. The zero-order valence-electron chi connectivity index (χ0n) is 7.38. The zero-order chi connectivity index (χ0) is 9.10. The molecule has 0 amide bonds. The summed E-state index contributed by atoms with van der Waals surface area (Å²) < 4.78 is 1.68. The average molecular weight is 174 g/mol.